The van der Waals surface area contributed by atoms with E-state index in [0.29, 0.717) is 18.7 Å². The van der Waals surface area contributed by atoms with Crippen LogP contribution in [0.15, 0.2) is 66.7 Å². The lowest BCUT2D eigenvalue weighted by atomic mass is 10.0. The third-order valence-corrected chi connectivity index (χ3v) is 6.42. The van der Waals surface area contributed by atoms with Gasteiger partial charge in [0.15, 0.2) is 6.61 Å². The molecule has 5 nitrogen and oxygen atoms in total. The summed E-state index contributed by atoms with van der Waals surface area (Å²) in [5.41, 5.74) is 6.28. The topological polar surface area (TPSA) is 58.6 Å². The third-order valence-electron chi connectivity index (χ3n) is 6.42. The number of rotatable bonds is 10. The Morgan fingerprint density at radius 1 is 0.889 bits per heavy atom. The number of benzene rings is 3. The smallest absolute Gasteiger partial charge is 0.261 e. The van der Waals surface area contributed by atoms with Gasteiger partial charge in [-0.25, -0.2) is 0 Å². The molecule has 1 atom stereocenters. The Balaban J connectivity index is 1.95. The average molecular weight is 487 g/mol. The zero-order chi connectivity index (χ0) is 26.2. The first-order chi connectivity index (χ1) is 17.2. The number of nitrogens with one attached hydrogen (secondary N) is 1. The molecule has 0 aromatic heterocycles. The van der Waals surface area contributed by atoms with Crippen molar-refractivity contribution >= 4 is 11.8 Å². The summed E-state index contributed by atoms with van der Waals surface area (Å²) in [6.45, 7) is 12.1. The maximum Gasteiger partial charge on any atom is 0.261 e. The summed E-state index contributed by atoms with van der Waals surface area (Å²) in [5, 5.41) is 3.02. The molecule has 0 heterocycles. The summed E-state index contributed by atoms with van der Waals surface area (Å²) in [6.07, 6.45) is 0.416. The zero-order valence-corrected chi connectivity index (χ0v) is 22.3. The predicted molar refractivity (Wildman–Crippen MR) is 145 cm³/mol. The van der Waals surface area contributed by atoms with Crippen molar-refractivity contribution in [1.29, 1.82) is 0 Å². The molecule has 1 N–H and O–H groups in total. The molecule has 0 aliphatic carbocycles. The van der Waals surface area contributed by atoms with E-state index in [0.717, 1.165) is 33.4 Å². The van der Waals surface area contributed by atoms with Crippen molar-refractivity contribution < 1.29 is 14.3 Å². The van der Waals surface area contributed by atoms with Crippen molar-refractivity contribution in [2.24, 2.45) is 0 Å². The highest BCUT2D eigenvalue weighted by molar-refractivity contribution is 5.88. The zero-order valence-electron chi connectivity index (χ0n) is 22.3. The molecular formula is C31H38N2O3. The molecule has 3 rings (SSSR count). The van der Waals surface area contributed by atoms with Crippen molar-refractivity contribution in [2.75, 3.05) is 6.61 Å². The van der Waals surface area contributed by atoms with Crippen LogP contribution >= 0.6 is 0 Å². The van der Waals surface area contributed by atoms with Crippen LogP contribution < -0.4 is 10.1 Å². The molecule has 0 spiro atoms. The van der Waals surface area contributed by atoms with Gasteiger partial charge in [0.05, 0.1) is 0 Å². The van der Waals surface area contributed by atoms with Crippen molar-refractivity contribution in [2.45, 2.75) is 66.6 Å². The Morgan fingerprint density at radius 2 is 1.56 bits per heavy atom. The summed E-state index contributed by atoms with van der Waals surface area (Å²) in [5.74, 6) is 0.304. The van der Waals surface area contributed by atoms with Crippen molar-refractivity contribution in [1.82, 2.24) is 10.2 Å². The summed E-state index contributed by atoms with van der Waals surface area (Å²) < 4.78 is 6.05. The first-order valence-electron chi connectivity index (χ1n) is 12.5. The Morgan fingerprint density at radius 3 is 2.22 bits per heavy atom. The molecule has 190 valence electrons. The molecule has 0 saturated heterocycles. The van der Waals surface area contributed by atoms with E-state index < -0.39 is 6.04 Å². The SMILES string of the molecule is Cc1cc(C)c(C)c(OCC(=O)N(Cc2ccccc2C)[C@@H](Cc2ccccc2)C(=O)NC(C)C)c1. The van der Waals surface area contributed by atoms with Gasteiger partial charge in [0.25, 0.3) is 5.91 Å². The Hall–Kier alpha value is -3.60. The molecule has 5 heteroatoms. The van der Waals surface area contributed by atoms with Crippen LogP contribution in [-0.2, 0) is 22.6 Å². The van der Waals surface area contributed by atoms with Gasteiger partial charge in [-0.2, -0.15) is 0 Å². The normalized spacial score (nSPS) is 11.8. The maximum absolute atomic E-state index is 13.8. The predicted octanol–water partition coefficient (Wildman–Crippen LogP) is 5.46. The average Bonchev–Trinajstić information content (AvgIpc) is 2.83. The second kappa shape index (κ2) is 12.4. The maximum atomic E-state index is 13.8. The van der Waals surface area contributed by atoms with Crippen LogP contribution in [0, 0.1) is 27.7 Å². The standard InChI is InChI=1S/C31H38N2O3/c1-21(2)32-31(35)28(18-26-13-8-7-9-14-26)33(19-27-15-11-10-12-23(27)4)30(34)20-36-29-17-22(3)16-24(5)25(29)6/h7-17,21,28H,18-20H2,1-6H3,(H,32,35)/t28-/m0/s1. The third kappa shape index (κ3) is 7.20. The minimum atomic E-state index is -0.675. The van der Waals surface area contributed by atoms with Gasteiger partial charge in [-0.15, -0.1) is 0 Å². The van der Waals surface area contributed by atoms with E-state index in [1.54, 1.807) is 4.90 Å². The van der Waals surface area contributed by atoms with E-state index >= 15 is 0 Å². The first-order valence-corrected chi connectivity index (χ1v) is 12.5. The fourth-order valence-corrected chi connectivity index (χ4v) is 4.28. The molecule has 0 aliphatic heterocycles. The van der Waals surface area contributed by atoms with Gasteiger partial charge in [-0.05, 0) is 81.0 Å². The van der Waals surface area contributed by atoms with Crippen LogP contribution in [0.3, 0.4) is 0 Å². The lowest BCUT2D eigenvalue weighted by Gasteiger charge is -2.32. The molecule has 0 fully saturated rings. The quantitative estimate of drug-likeness (QED) is 0.414. The summed E-state index contributed by atoms with van der Waals surface area (Å²) in [4.78, 5) is 28.9. The highest BCUT2D eigenvalue weighted by Crippen LogP contribution is 2.24. The lowest BCUT2D eigenvalue weighted by Crippen LogP contribution is -2.53. The van der Waals surface area contributed by atoms with Gasteiger partial charge in [-0.3, -0.25) is 9.59 Å². The number of carbonyl (C=O) groups is 2. The first kappa shape index (κ1) is 27.0. The second-order valence-electron chi connectivity index (χ2n) is 9.81. The van der Waals surface area contributed by atoms with E-state index in [2.05, 4.69) is 11.4 Å². The van der Waals surface area contributed by atoms with Crippen molar-refractivity contribution in [3.05, 3.63) is 100 Å². The molecule has 0 bridgehead atoms. The molecule has 0 radical (unpaired) electrons. The van der Waals surface area contributed by atoms with Gasteiger partial charge in [0.2, 0.25) is 5.91 Å². The fourth-order valence-electron chi connectivity index (χ4n) is 4.28. The number of amides is 2. The molecule has 36 heavy (non-hydrogen) atoms. The largest absolute Gasteiger partial charge is 0.483 e. The molecular weight excluding hydrogens is 448 g/mol. The van der Waals surface area contributed by atoms with E-state index in [-0.39, 0.29) is 24.5 Å². The van der Waals surface area contributed by atoms with Gasteiger partial charge < -0.3 is 15.0 Å². The minimum Gasteiger partial charge on any atom is -0.483 e. The van der Waals surface area contributed by atoms with Crippen molar-refractivity contribution in [3.63, 3.8) is 0 Å². The summed E-state index contributed by atoms with van der Waals surface area (Å²) in [6, 6.07) is 21.1. The number of nitrogens with zero attached hydrogens (tertiary/aromatic N) is 1. The molecule has 2 amide bonds. The number of hydrogen-bond donors (Lipinski definition) is 1. The van der Waals surface area contributed by atoms with Crippen LogP contribution in [0.1, 0.15) is 47.2 Å². The molecule has 0 saturated carbocycles. The molecule has 0 aliphatic rings. The number of ether oxygens (including phenoxy) is 1. The van der Waals surface area contributed by atoms with Crippen molar-refractivity contribution in [3.8, 4) is 5.75 Å². The van der Waals surface area contributed by atoms with E-state index in [1.165, 1.54) is 0 Å². The monoisotopic (exact) mass is 486 g/mol. The van der Waals surface area contributed by atoms with E-state index in [9.17, 15) is 9.59 Å². The Kier molecular flexibility index (Phi) is 9.29. The van der Waals surface area contributed by atoms with Crippen LogP contribution in [-0.4, -0.2) is 35.4 Å². The molecule has 3 aromatic rings. The van der Waals surface area contributed by atoms with Gasteiger partial charge in [0.1, 0.15) is 11.8 Å². The van der Waals surface area contributed by atoms with E-state index in [1.807, 2.05) is 102 Å². The van der Waals surface area contributed by atoms with Crippen LogP contribution in [0.2, 0.25) is 0 Å². The summed E-state index contributed by atoms with van der Waals surface area (Å²) in [7, 11) is 0. The van der Waals surface area contributed by atoms with Crippen LogP contribution in [0.25, 0.3) is 0 Å². The summed E-state index contributed by atoms with van der Waals surface area (Å²) >= 11 is 0. The van der Waals surface area contributed by atoms with Gasteiger partial charge in [-0.1, -0.05) is 60.7 Å². The molecule has 3 aromatic carbocycles. The highest BCUT2D eigenvalue weighted by atomic mass is 16.5. The van der Waals surface area contributed by atoms with Crippen LogP contribution in [0.4, 0.5) is 0 Å². The second-order valence-corrected chi connectivity index (χ2v) is 9.81. The number of hydrogen-bond acceptors (Lipinski definition) is 3. The number of carbonyl (C=O) groups excluding carboxylic acids is 2. The minimum absolute atomic E-state index is 0.0413. The fraction of sp³-hybridized carbons (Fsp3) is 0.355. The number of aryl methyl sites for hydroxylation is 3. The Labute approximate surface area is 215 Å². The van der Waals surface area contributed by atoms with Gasteiger partial charge >= 0.3 is 0 Å². The van der Waals surface area contributed by atoms with E-state index in [4.69, 9.17) is 4.74 Å². The highest BCUT2D eigenvalue weighted by Gasteiger charge is 2.31. The Bertz CT molecular complexity index is 1190. The molecule has 0 unspecified atom stereocenters. The lowest BCUT2D eigenvalue weighted by molar-refractivity contribution is -0.143. The van der Waals surface area contributed by atoms with Crippen LogP contribution in [0.5, 0.6) is 5.75 Å². The van der Waals surface area contributed by atoms with Gasteiger partial charge in [0, 0.05) is 19.0 Å².